The molecule has 3 aromatic carbocycles. The number of nitrogens with zero attached hydrogens (tertiary/aromatic N) is 2. The van der Waals surface area contributed by atoms with Crippen LogP contribution in [0.1, 0.15) is 83.2 Å². The molecule has 2 N–H and O–H groups in total. The van der Waals surface area contributed by atoms with Crippen LogP contribution in [-0.4, -0.2) is 40.6 Å². The van der Waals surface area contributed by atoms with Crippen molar-refractivity contribution in [2.75, 3.05) is 6.61 Å². The molecule has 60 heavy (non-hydrogen) atoms. The number of rotatable bonds is 7. The molecule has 8 rings (SSSR count). The standard InChI is InChI=1S/C53H56N4O2Si/c1-29-23-32(4)46(33(5)24-29)49-38-13-15-40(54-38)50(47-34(6)25-30(2)26-35(47)7)42-17-19-44(56-42)52(53(58)59-21-22-60(10,11)12)45-20-18-43(57-45)51(41-16-14-39(49)55-41)48-36(8)27-31(3)28-37(48)9/h13-20,23-28,54,57H,21-22H2,1-12H3. The molecule has 304 valence electrons. The van der Waals surface area contributed by atoms with E-state index in [-0.39, 0.29) is 5.97 Å². The lowest BCUT2D eigenvalue weighted by Crippen LogP contribution is -2.23. The molecule has 0 fully saturated rings. The van der Waals surface area contributed by atoms with Crippen molar-refractivity contribution < 1.29 is 9.53 Å². The first-order valence-electron chi connectivity index (χ1n) is 21.1. The first kappa shape index (κ1) is 40.7. The lowest BCUT2D eigenvalue weighted by molar-refractivity contribution is 0.0526. The van der Waals surface area contributed by atoms with E-state index >= 15 is 0 Å². The van der Waals surface area contributed by atoms with Gasteiger partial charge < -0.3 is 14.7 Å². The van der Waals surface area contributed by atoms with E-state index in [4.69, 9.17) is 14.7 Å². The number of ether oxygens (including phenoxy) is 1. The third-order valence-electron chi connectivity index (χ3n) is 11.8. The number of nitrogens with one attached hydrogen (secondary N) is 2. The predicted molar refractivity (Wildman–Crippen MR) is 256 cm³/mol. The molecule has 3 aromatic heterocycles. The number of carbonyl (C=O) groups is 1. The third kappa shape index (κ3) is 7.63. The molecule has 5 heterocycles. The maximum Gasteiger partial charge on any atom is 0.342 e. The summed E-state index contributed by atoms with van der Waals surface area (Å²) in [5, 5.41) is 0. The van der Waals surface area contributed by atoms with Gasteiger partial charge in [0.25, 0.3) is 0 Å². The fraction of sp³-hybridized carbons (Fsp3) is 0.264. The molecular formula is C53H56N4O2Si. The van der Waals surface area contributed by atoms with Crippen molar-refractivity contribution in [2.45, 2.75) is 88.0 Å². The highest BCUT2D eigenvalue weighted by atomic mass is 28.3. The molecule has 0 atom stereocenters. The summed E-state index contributed by atoms with van der Waals surface area (Å²) in [5.74, 6) is -0.389. The highest BCUT2D eigenvalue weighted by molar-refractivity contribution is 6.76. The molecule has 0 amide bonds. The molecule has 6 nitrogen and oxygen atoms in total. The second kappa shape index (κ2) is 15.5. The van der Waals surface area contributed by atoms with Gasteiger partial charge in [-0.1, -0.05) is 72.7 Å². The summed E-state index contributed by atoms with van der Waals surface area (Å²) in [5.41, 5.74) is 23.9. The Bertz CT molecular complexity index is 2880. The summed E-state index contributed by atoms with van der Waals surface area (Å²) in [4.78, 5) is 33.0. The zero-order valence-corrected chi connectivity index (χ0v) is 38.2. The molecule has 0 radical (unpaired) electrons. The quantitative estimate of drug-likeness (QED) is 0.124. The molecule has 0 saturated heterocycles. The van der Waals surface area contributed by atoms with Crippen molar-refractivity contribution in [3.05, 3.63) is 139 Å². The minimum atomic E-state index is -1.47. The summed E-state index contributed by atoms with van der Waals surface area (Å²) in [6.07, 6.45) is 8.30. The highest BCUT2D eigenvalue weighted by Crippen LogP contribution is 2.41. The van der Waals surface area contributed by atoms with Gasteiger partial charge in [-0.3, -0.25) is 0 Å². The Hall–Kier alpha value is -6.05. The minimum Gasteiger partial charge on any atom is -0.462 e. The summed E-state index contributed by atoms with van der Waals surface area (Å²) >= 11 is 0. The Kier molecular flexibility index (Phi) is 10.5. The van der Waals surface area contributed by atoms with Crippen LogP contribution in [0.15, 0.2) is 60.7 Å². The Morgan fingerprint density at radius 3 is 1.17 bits per heavy atom. The molecule has 0 unspecified atom stereocenters. The predicted octanol–water partition coefficient (Wildman–Crippen LogP) is 13.9. The number of hydrogen-bond acceptors (Lipinski definition) is 4. The smallest absolute Gasteiger partial charge is 0.342 e. The van der Waals surface area contributed by atoms with Crippen LogP contribution in [-0.2, 0) is 4.74 Å². The number of fused-ring (bicyclic) bond motifs is 8. The topological polar surface area (TPSA) is 83.7 Å². The maximum atomic E-state index is 14.4. The highest BCUT2D eigenvalue weighted by Gasteiger charge is 2.24. The van der Waals surface area contributed by atoms with Gasteiger partial charge in [0.15, 0.2) is 0 Å². The molecule has 8 bridgehead atoms. The number of aryl methyl sites for hydroxylation is 9. The normalized spacial score (nSPS) is 12.4. The monoisotopic (exact) mass is 808 g/mol. The van der Waals surface area contributed by atoms with Crippen LogP contribution in [0.4, 0.5) is 0 Å². The van der Waals surface area contributed by atoms with E-state index in [1.165, 1.54) is 27.8 Å². The molecule has 6 aromatic rings. The van der Waals surface area contributed by atoms with Gasteiger partial charge in [0.2, 0.25) is 0 Å². The van der Waals surface area contributed by atoms with Crippen molar-refractivity contribution in [3.63, 3.8) is 0 Å². The van der Waals surface area contributed by atoms with Crippen LogP contribution < -0.4 is 0 Å². The van der Waals surface area contributed by atoms with Gasteiger partial charge in [-0.2, -0.15) is 0 Å². The molecule has 2 aliphatic rings. The second-order valence-corrected chi connectivity index (χ2v) is 23.9. The lowest BCUT2D eigenvalue weighted by Gasteiger charge is -2.15. The van der Waals surface area contributed by atoms with E-state index in [9.17, 15) is 4.79 Å². The van der Waals surface area contributed by atoms with E-state index in [1.807, 2.05) is 18.2 Å². The Balaban J connectivity index is 1.57. The van der Waals surface area contributed by atoms with Crippen molar-refractivity contribution in [3.8, 4) is 33.4 Å². The van der Waals surface area contributed by atoms with Gasteiger partial charge in [-0.05, 0) is 167 Å². The van der Waals surface area contributed by atoms with Crippen LogP contribution in [0.5, 0.6) is 0 Å². The zero-order chi connectivity index (χ0) is 42.8. The number of benzene rings is 3. The molecule has 2 aliphatic heterocycles. The minimum absolute atomic E-state index is 0.363. The summed E-state index contributed by atoms with van der Waals surface area (Å²) in [6.45, 7) is 26.7. The van der Waals surface area contributed by atoms with Gasteiger partial charge in [-0.15, -0.1) is 0 Å². The van der Waals surface area contributed by atoms with Crippen LogP contribution in [0.2, 0.25) is 25.7 Å². The van der Waals surface area contributed by atoms with Crippen molar-refractivity contribution in [1.82, 2.24) is 19.9 Å². The molecule has 0 aliphatic carbocycles. The van der Waals surface area contributed by atoms with Gasteiger partial charge in [0.1, 0.15) is 5.56 Å². The van der Waals surface area contributed by atoms with Crippen LogP contribution >= 0.6 is 0 Å². The fourth-order valence-electron chi connectivity index (χ4n) is 9.45. The zero-order valence-electron chi connectivity index (χ0n) is 37.2. The maximum absolute atomic E-state index is 14.4. The lowest BCUT2D eigenvalue weighted by atomic mass is 9.92. The van der Waals surface area contributed by atoms with Gasteiger partial charge in [-0.25, -0.2) is 14.8 Å². The molecule has 0 spiro atoms. The number of aromatic amines is 2. The summed E-state index contributed by atoms with van der Waals surface area (Å²) in [7, 11) is -1.47. The SMILES string of the molecule is Cc1cc(C)c(-c2c3nc(c(-c4c(C)cc(C)cc4C)c4ccc([nH]4)c(-c4c(C)cc(C)cc4C)c4nc(c(C(=O)OCC[Si](C)(C)C)c5ccc2[nH]5)C=C4)C=C3)c(C)c1. The van der Waals surface area contributed by atoms with E-state index in [2.05, 4.69) is 159 Å². The number of carbonyl (C=O) groups excluding carboxylic acids is 1. The van der Waals surface area contributed by atoms with Crippen LogP contribution in [0.3, 0.4) is 0 Å². The van der Waals surface area contributed by atoms with E-state index in [0.29, 0.717) is 23.4 Å². The van der Waals surface area contributed by atoms with Crippen molar-refractivity contribution in [1.29, 1.82) is 0 Å². The fourth-order valence-corrected chi connectivity index (χ4v) is 10.2. The van der Waals surface area contributed by atoms with Crippen LogP contribution in [0.25, 0.3) is 79.8 Å². The molecule has 7 heteroatoms. The Labute approximate surface area is 355 Å². The molecule has 0 saturated carbocycles. The van der Waals surface area contributed by atoms with Crippen molar-refractivity contribution in [2.24, 2.45) is 0 Å². The van der Waals surface area contributed by atoms with E-state index < -0.39 is 8.07 Å². The Morgan fingerprint density at radius 1 is 0.483 bits per heavy atom. The molecular weight excluding hydrogens is 753 g/mol. The number of aromatic nitrogens is 4. The first-order valence-corrected chi connectivity index (χ1v) is 24.8. The summed E-state index contributed by atoms with van der Waals surface area (Å²) in [6, 6.07) is 22.7. The van der Waals surface area contributed by atoms with Crippen LogP contribution in [0, 0.1) is 62.3 Å². The third-order valence-corrected chi connectivity index (χ3v) is 13.5. The number of H-pyrrole nitrogens is 2. The number of esters is 1. The van der Waals surface area contributed by atoms with Crippen molar-refractivity contribution >= 4 is 60.4 Å². The number of hydrogen-bond donors (Lipinski definition) is 2. The van der Waals surface area contributed by atoms with E-state index in [1.54, 1.807) is 0 Å². The Morgan fingerprint density at radius 2 is 0.800 bits per heavy atom. The van der Waals surface area contributed by atoms with E-state index in [0.717, 1.165) is 95.3 Å². The summed E-state index contributed by atoms with van der Waals surface area (Å²) < 4.78 is 6.11. The largest absolute Gasteiger partial charge is 0.462 e. The second-order valence-electron chi connectivity index (χ2n) is 18.3. The van der Waals surface area contributed by atoms with Gasteiger partial charge >= 0.3 is 5.97 Å². The average molecular weight is 809 g/mol. The van der Waals surface area contributed by atoms with Gasteiger partial charge in [0.05, 0.1) is 34.9 Å². The average Bonchev–Trinajstić information content (AvgIpc) is 3.98. The first-order chi connectivity index (χ1) is 28.5. The van der Waals surface area contributed by atoms with Gasteiger partial charge in [0, 0.05) is 41.3 Å².